The Kier molecular flexibility index (Phi) is 8.69. The molecule has 1 amide bonds. The fourth-order valence-electron chi connectivity index (χ4n) is 3.63. The average Bonchev–Trinajstić information content (AvgIpc) is 2.96. The van der Waals surface area contributed by atoms with Crippen molar-refractivity contribution in [3.63, 3.8) is 0 Å². The van der Waals surface area contributed by atoms with E-state index in [2.05, 4.69) is 17.1 Å². The van der Waals surface area contributed by atoms with E-state index < -0.39 is 10.0 Å². The maximum Gasteiger partial charge on any atom is 0.271 e. The van der Waals surface area contributed by atoms with Crippen LogP contribution in [0.25, 0.3) is 0 Å². The molecule has 8 heteroatoms. The van der Waals surface area contributed by atoms with E-state index in [0.29, 0.717) is 23.6 Å². The summed E-state index contributed by atoms with van der Waals surface area (Å²) in [5, 5.41) is 4.03. The molecule has 7 nitrogen and oxygen atoms in total. The van der Waals surface area contributed by atoms with Gasteiger partial charge < -0.3 is 4.74 Å². The van der Waals surface area contributed by atoms with Gasteiger partial charge in [-0.15, -0.1) is 0 Å². The summed E-state index contributed by atoms with van der Waals surface area (Å²) in [7, 11) is -3.80. The normalized spacial score (nSPS) is 11.2. The number of anilines is 1. The molecule has 4 rings (SSSR count). The maximum absolute atomic E-state index is 13.5. The van der Waals surface area contributed by atoms with Crippen LogP contribution in [0.3, 0.4) is 0 Å². The molecule has 0 saturated carbocycles. The lowest BCUT2D eigenvalue weighted by Crippen LogP contribution is -2.30. The van der Waals surface area contributed by atoms with E-state index in [4.69, 9.17) is 4.74 Å². The van der Waals surface area contributed by atoms with Crippen molar-refractivity contribution in [2.24, 2.45) is 5.10 Å². The fourth-order valence-corrected chi connectivity index (χ4v) is 5.10. The van der Waals surface area contributed by atoms with Crippen LogP contribution in [0.1, 0.15) is 21.5 Å². The van der Waals surface area contributed by atoms with Gasteiger partial charge in [0.25, 0.3) is 15.9 Å². The molecular weight excluding hydrogens is 498 g/mol. The van der Waals surface area contributed by atoms with E-state index in [9.17, 15) is 13.2 Å². The third kappa shape index (κ3) is 6.74. The molecule has 0 heterocycles. The van der Waals surface area contributed by atoms with Crippen LogP contribution in [0.2, 0.25) is 0 Å². The van der Waals surface area contributed by atoms with Gasteiger partial charge in [0.2, 0.25) is 0 Å². The minimum Gasteiger partial charge on any atom is -0.490 e. The molecule has 0 saturated heterocycles. The highest BCUT2D eigenvalue weighted by molar-refractivity contribution is 7.92. The lowest BCUT2D eigenvalue weighted by atomic mass is 10.1. The molecule has 0 atom stereocenters. The van der Waals surface area contributed by atoms with E-state index in [1.54, 1.807) is 91.0 Å². The molecule has 0 aliphatic carbocycles. The van der Waals surface area contributed by atoms with E-state index in [-0.39, 0.29) is 17.3 Å². The average molecular weight is 526 g/mol. The van der Waals surface area contributed by atoms with Gasteiger partial charge in [-0.3, -0.25) is 9.10 Å². The van der Waals surface area contributed by atoms with Crippen molar-refractivity contribution in [3.05, 3.63) is 139 Å². The lowest BCUT2D eigenvalue weighted by molar-refractivity contribution is 0.0955. The number of benzene rings is 4. The van der Waals surface area contributed by atoms with Gasteiger partial charge in [0, 0.05) is 5.56 Å². The topological polar surface area (TPSA) is 88.1 Å². The Morgan fingerprint density at radius 2 is 1.58 bits per heavy atom. The predicted octanol–water partition coefficient (Wildman–Crippen LogP) is 5.41. The van der Waals surface area contributed by atoms with Crippen LogP contribution in [0.4, 0.5) is 5.69 Å². The van der Waals surface area contributed by atoms with Crippen molar-refractivity contribution in [3.8, 4) is 5.75 Å². The van der Waals surface area contributed by atoms with Crippen LogP contribution in [0.5, 0.6) is 5.75 Å². The summed E-state index contributed by atoms with van der Waals surface area (Å²) < 4.78 is 33.8. The summed E-state index contributed by atoms with van der Waals surface area (Å²) in [6, 6.07) is 31.3. The predicted molar refractivity (Wildman–Crippen MR) is 150 cm³/mol. The third-order valence-corrected chi connectivity index (χ3v) is 7.31. The first-order valence-electron chi connectivity index (χ1n) is 11.9. The minimum absolute atomic E-state index is 0.103. The number of ether oxygens (including phenoxy) is 1. The zero-order chi connectivity index (χ0) is 26.8. The van der Waals surface area contributed by atoms with Crippen molar-refractivity contribution in [1.29, 1.82) is 0 Å². The molecule has 0 fully saturated rings. The van der Waals surface area contributed by atoms with Crippen molar-refractivity contribution in [1.82, 2.24) is 5.43 Å². The van der Waals surface area contributed by atoms with Crippen LogP contribution in [-0.2, 0) is 16.6 Å². The molecule has 38 heavy (non-hydrogen) atoms. The molecular formula is C30H27N3O4S. The van der Waals surface area contributed by atoms with Crippen LogP contribution >= 0.6 is 0 Å². The van der Waals surface area contributed by atoms with Gasteiger partial charge in [0.15, 0.2) is 0 Å². The monoisotopic (exact) mass is 525 g/mol. The summed E-state index contributed by atoms with van der Waals surface area (Å²) in [6.07, 6.45) is 3.19. The van der Waals surface area contributed by atoms with Crippen LogP contribution in [-0.4, -0.2) is 27.1 Å². The highest BCUT2D eigenvalue weighted by atomic mass is 32.2. The minimum atomic E-state index is -3.80. The molecule has 0 radical (unpaired) electrons. The number of nitrogens with zero attached hydrogens (tertiary/aromatic N) is 2. The number of hydrogen-bond donors (Lipinski definition) is 1. The standard InChI is InChI=1S/C30H27N3O4S/c1-2-20-37-28-13-9-10-25(21-28)22-31-32-30(34)26-18-16-24(17-19-26)23-33(27-11-5-3-6-12-27)38(35,36)29-14-7-4-8-15-29/h2-19,21-22H,1,20,23H2,(H,32,34)/b31-22-. The van der Waals surface area contributed by atoms with Gasteiger partial charge in [-0.05, 0) is 59.7 Å². The number of amides is 1. The zero-order valence-corrected chi connectivity index (χ0v) is 21.4. The summed E-state index contributed by atoms with van der Waals surface area (Å²) >= 11 is 0. The second-order valence-corrected chi connectivity index (χ2v) is 10.1. The summed E-state index contributed by atoms with van der Waals surface area (Å²) in [6.45, 7) is 4.12. The largest absolute Gasteiger partial charge is 0.490 e. The maximum atomic E-state index is 13.5. The molecule has 0 spiro atoms. The Morgan fingerprint density at radius 3 is 2.26 bits per heavy atom. The Bertz CT molecular complexity index is 1500. The van der Waals surface area contributed by atoms with Gasteiger partial charge in [-0.25, -0.2) is 13.8 Å². The molecule has 4 aromatic carbocycles. The van der Waals surface area contributed by atoms with Gasteiger partial charge in [-0.2, -0.15) is 5.10 Å². The van der Waals surface area contributed by atoms with Crippen LogP contribution in [0, 0.1) is 0 Å². The Labute approximate surface area is 222 Å². The molecule has 0 aliphatic rings. The molecule has 0 aliphatic heterocycles. The first-order valence-corrected chi connectivity index (χ1v) is 13.3. The van der Waals surface area contributed by atoms with E-state index in [0.717, 1.165) is 11.1 Å². The van der Waals surface area contributed by atoms with Crippen LogP contribution < -0.4 is 14.5 Å². The lowest BCUT2D eigenvalue weighted by Gasteiger charge is -2.24. The molecule has 4 aromatic rings. The van der Waals surface area contributed by atoms with Crippen LogP contribution in [0.15, 0.2) is 132 Å². The van der Waals surface area contributed by atoms with E-state index in [1.807, 2.05) is 24.3 Å². The number of para-hydroxylation sites is 1. The van der Waals surface area contributed by atoms with Gasteiger partial charge in [-0.1, -0.05) is 73.3 Å². The highest BCUT2D eigenvalue weighted by Crippen LogP contribution is 2.26. The third-order valence-electron chi connectivity index (χ3n) is 5.52. The van der Waals surface area contributed by atoms with E-state index in [1.165, 1.54) is 10.5 Å². The van der Waals surface area contributed by atoms with Gasteiger partial charge >= 0.3 is 0 Å². The number of rotatable bonds is 11. The fraction of sp³-hybridized carbons (Fsp3) is 0.0667. The Hall–Kier alpha value is -4.69. The van der Waals surface area contributed by atoms with Crippen molar-refractivity contribution < 1.29 is 17.9 Å². The van der Waals surface area contributed by atoms with Crippen molar-refractivity contribution in [2.75, 3.05) is 10.9 Å². The number of sulfonamides is 1. The Morgan fingerprint density at radius 1 is 0.895 bits per heavy atom. The molecule has 1 N–H and O–H groups in total. The quantitative estimate of drug-likeness (QED) is 0.161. The first-order chi connectivity index (χ1) is 18.5. The molecule has 192 valence electrons. The van der Waals surface area contributed by atoms with Gasteiger partial charge in [0.1, 0.15) is 12.4 Å². The molecule has 0 bridgehead atoms. The Balaban J connectivity index is 1.46. The zero-order valence-electron chi connectivity index (χ0n) is 20.6. The SMILES string of the molecule is C=CCOc1cccc(/C=N\NC(=O)c2ccc(CN(c3ccccc3)S(=O)(=O)c3ccccc3)cc2)c1. The van der Waals surface area contributed by atoms with Crippen molar-refractivity contribution in [2.45, 2.75) is 11.4 Å². The molecule has 0 aromatic heterocycles. The number of hydrogen-bond acceptors (Lipinski definition) is 5. The second kappa shape index (κ2) is 12.5. The number of hydrazone groups is 1. The smallest absolute Gasteiger partial charge is 0.271 e. The van der Waals surface area contributed by atoms with Gasteiger partial charge in [0.05, 0.1) is 23.3 Å². The summed E-state index contributed by atoms with van der Waals surface area (Å²) in [5.74, 6) is 0.290. The number of carbonyl (C=O) groups is 1. The second-order valence-electron chi connectivity index (χ2n) is 8.23. The highest BCUT2D eigenvalue weighted by Gasteiger charge is 2.25. The molecule has 0 unspecified atom stereocenters. The first kappa shape index (κ1) is 26.4. The summed E-state index contributed by atoms with van der Waals surface area (Å²) in [5.41, 5.74) is 4.94. The van der Waals surface area contributed by atoms with Crippen molar-refractivity contribution >= 4 is 27.8 Å². The van der Waals surface area contributed by atoms with E-state index >= 15 is 0 Å². The summed E-state index contributed by atoms with van der Waals surface area (Å²) in [4.78, 5) is 12.8. The number of carbonyl (C=O) groups excluding carboxylic acids is 1. The number of nitrogens with one attached hydrogen (secondary N) is 1.